The van der Waals surface area contributed by atoms with Gasteiger partial charge in [0.15, 0.2) is 17.2 Å². The molecule has 154 valence electrons. The highest BCUT2D eigenvalue weighted by atomic mass is 16.7. The molecule has 0 unspecified atom stereocenters. The van der Waals surface area contributed by atoms with Crippen LogP contribution in [0.5, 0.6) is 28.7 Å². The van der Waals surface area contributed by atoms with Crippen LogP contribution in [-0.4, -0.2) is 44.7 Å². The first-order valence-corrected chi connectivity index (χ1v) is 10.2. The molecule has 6 nitrogen and oxygen atoms in total. The third-order valence-corrected chi connectivity index (χ3v) is 6.38. The molecule has 5 rings (SSSR count). The fourth-order valence-electron chi connectivity index (χ4n) is 4.83. The molecule has 3 aliphatic rings. The van der Waals surface area contributed by atoms with Gasteiger partial charge in [-0.15, -0.1) is 0 Å². The van der Waals surface area contributed by atoms with Crippen LogP contribution in [0.1, 0.15) is 43.2 Å². The second kappa shape index (κ2) is 7.02. The van der Waals surface area contributed by atoms with E-state index >= 15 is 0 Å². The Bertz CT molecular complexity index is 924. The van der Waals surface area contributed by atoms with Gasteiger partial charge in [-0.25, -0.2) is 0 Å². The van der Waals surface area contributed by atoms with Gasteiger partial charge in [0.05, 0.1) is 14.2 Å². The van der Waals surface area contributed by atoms with Crippen molar-refractivity contribution in [3.8, 4) is 28.7 Å². The maximum atomic E-state index is 6.62. The van der Waals surface area contributed by atoms with Gasteiger partial charge in [-0.05, 0) is 31.9 Å². The van der Waals surface area contributed by atoms with Crippen molar-refractivity contribution in [2.45, 2.75) is 37.8 Å². The summed E-state index contributed by atoms with van der Waals surface area (Å²) in [6.45, 7) is 4.57. The summed E-state index contributed by atoms with van der Waals surface area (Å²) in [4.78, 5) is 2.46. The van der Waals surface area contributed by atoms with Gasteiger partial charge in [0, 0.05) is 48.7 Å². The van der Waals surface area contributed by atoms with Gasteiger partial charge < -0.3 is 23.7 Å². The van der Waals surface area contributed by atoms with Crippen LogP contribution in [0.15, 0.2) is 30.3 Å². The van der Waals surface area contributed by atoms with Crippen LogP contribution in [0.3, 0.4) is 0 Å². The standard InChI is InChI=1S/C23H27NO5/c1-23(24-8-4-5-9-24)13-18(16-7-6-15(25-2)10-19(16)26-3)17-11-21-22(28-14-27-21)12-20(17)29-23/h6-7,10-12,18H,4-5,8-9,13-14H2,1-3H3/t18-,23+/m1/s1. The molecule has 6 heteroatoms. The average molecular weight is 397 g/mol. The van der Waals surface area contributed by atoms with Gasteiger partial charge in [0.1, 0.15) is 17.2 Å². The average Bonchev–Trinajstić information content (AvgIpc) is 3.43. The number of rotatable bonds is 4. The molecule has 0 spiro atoms. The molecular weight excluding hydrogens is 370 g/mol. The van der Waals surface area contributed by atoms with Gasteiger partial charge in [-0.1, -0.05) is 6.07 Å². The molecule has 2 aromatic carbocycles. The number of hydrogen-bond donors (Lipinski definition) is 0. The zero-order valence-electron chi connectivity index (χ0n) is 17.2. The predicted molar refractivity (Wildman–Crippen MR) is 108 cm³/mol. The molecule has 3 heterocycles. The second-order valence-electron chi connectivity index (χ2n) is 8.08. The first-order chi connectivity index (χ1) is 14.1. The third-order valence-electron chi connectivity index (χ3n) is 6.38. The first kappa shape index (κ1) is 18.4. The van der Waals surface area contributed by atoms with E-state index in [1.54, 1.807) is 14.2 Å². The monoisotopic (exact) mass is 397 g/mol. The molecule has 0 saturated carbocycles. The minimum Gasteiger partial charge on any atom is -0.497 e. The normalized spacial score (nSPS) is 25.4. The molecule has 1 saturated heterocycles. The summed E-state index contributed by atoms with van der Waals surface area (Å²) in [7, 11) is 3.38. The molecule has 1 fully saturated rings. The van der Waals surface area contributed by atoms with Gasteiger partial charge in [0.2, 0.25) is 6.79 Å². The molecule has 2 aromatic rings. The Morgan fingerprint density at radius 2 is 1.69 bits per heavy atom. The molecule has 0 aliphatic carbocycles. The number of nitrogens with zero attached hydrogens (tertiary/aromatic N) is 1. The summed E-state index contributed by atoms with van der Waals surface area (Å²) in [5, 5.41) is 0. The van der Waals surface area contributed by atoms with Crippen molar-refractivity contribution in [3.05, 3.63) is 41.5 Å². The quantitative estimate of drug-likeness (QED) is 0.772. The molecule has 2 atom stereocenters. The van der Waals surface area contributed by atoms with Crippen molar-refractivity contribution in [2.75, 3.05) is 34.1 Å². The van der Waals surface area contributed by atoms with E-state index in [4.69, 9.17) is 23.7 Å². The van der Waals surface area contributed by atoms with E-state index in [-0.39, 0.29) is 18.4 Å². The van der Waals surface area contributed by atoms with Crippen LogP contribution in [0, 0.1) is 0 Å². The third kappa shape index (κ3) is 3.06. The van der Waals surface area contributed by atoms with E-state index < -0.39 is 0 Å². The Kier molecular flexibility index (Phi) is 4.46. The summed E-state index contributed by atoms with van der Waals surface area (Å²) < 4.78 is 29.0. The lowest BCUT2D eigenvalue weighted by atomic mass is 9.81. The number of benzene rings is 2. The molecule has 0 bridgehead atoms. The fourth-order valence-corrected chi connectivity index (χ4v) is 4.83. The topological polar surface area (TPSA) is 49.4 Å². The first-order valence-electron chi connectivity index (χ1n) is 10.2. The Labute approximate surface area is 171 Å². The van der Waals surface area contributed by atoms with Crippen molar-refractivity contribution in [2.24, 2.45) is 0 Å². The van der Waals surface area contributed by atoms with Gasteiger partial charge in [-0.3, -0.25) is 4.90 Å². The highest BCUT2D eigenvalue weighted by molar-refractivity contribution is 5.58. The highest BCUT2D eigenvalue weighted by Gasteiger charge is 2.44. The molecule has 0 radical (unpaired) electrons. The highest BCUT2D eigenvalue weighted by Crippen LogP contribution is 2.52. The second-order valence-corrected chi connectivity index (χ2v) is 8.08. The van der Waals surface area contributed by atoms with Gasteiger partial charge in [-0.2, -0.15) is 0 Å². The van der Waals surface area contributed by atoms with Crippen LogP contribution in [0.2, 0.25) is 0 Å². The van der Waals surface area contributed by atoms with Crippen molar-refractivity contribution < 1.29 is 23.7 Å². The number of hydrogen-bond acceptors (Lipinski definition) is 6. The van der Waals surface area contributed by atoms with Crippen LogP contribution in [-0.2, 0) is 0 Å². The Morgan fingerprint density at radius 1 is 0.931 bits per heavy atom. The summed E-state index contributed by atoms with van der Waals surface area (Å²) >= 11 is 0. The van der Waals surface area contributed by atoms with Crippen LogP contribution in [0.25, 0.3) is 0 Å². The summed E-state index contributed by atoms with van der Waals surface area (Å²) in [6, 6.07) is 10.1. The maximum Gasteiger partial charge on any atom is 0.231 e. The molecule has 29 heavy (non-hydrogen) atoms. The zero-order chi connectivity index (χ0) is 20.0. The predicted octanol–water partition coefficient (Wildman–Crippen LogP) is 4.16. The molecule has 0 N–H and O–H groups in total. The summed E-state index contributed by atoms with van der Waals surface area (Å²) in [5.41, 5.74) is 1.85. The largest absolute Gasteiger partial charge is 0.497 e. The van der Waals surface area contributed by atoms with Crippen molar-refractivity contribution in [1.82, 2.24) is 4.90 Å². The Balaban J connectivity index is 1.64. The lowest BCUT2D eigenvalue weighted by molar-refractivity contribution is -0.0768. The lowest BCUT2D eigenvalue weighted by Crippen LogP contribution is -2.52. The SMILES string of the molecule is COc1ccc([C@H]2C[C@@](C)(N3CCCC3)Oc3cc4c(cc32)OCO4)c(OC)c1. The van der Waals surface area contributed by atoms with Crippen molar-refractivity contribution >= 4 is 0 Å². The van der Waals surface area contributed by atoms with E-state index in [0.29, 0.717) is 0 Å². The number of ether oxygens (including phenoxy) is 5. The Morgan fingerprint density at radius 3 is 2.41 bits per heavy atom. The van der Waals surface area contributed by atoms with E-state index in [2.05, 4.69) is 24.0 Å². The minimum atomic E-state index is -0.382. The molecule has 0 aromatic heterocycles. The lowest BCUT2D eigenvalue weighted by Gasteiger charge is -2.45. The van der Waals surface area contributed by atoms with Crippen LogP contribution >= 0.6 is 0 Å². The van der Waals surface area contributed by atoms with E-state index in [9.17, 15) is 0 Å². The van der Waals surface area contributed by atoms with Crippen LogP contribution < -0.4 is 23.7 Å². The number of fused-ring (bicyclic) bond motifs is 2. The van der Waals surface area contributed by atoms with Gasteiger partial charge in [0.25, 0.3) is 0 Å². The Hall–Kier alpha value is -2.60. The summed E-state index contributed by atoms with van der Waals surface area (Å²) in [6.07, 6.45) is 3.26. The van der Waals surface area contributed by atoms with E-state index in [1.807, 2.05) is 18.2 Å². The summed E-state index contributed by atoms with van der Waals surface area (Å²) in [5.74, 6) is 4.09. The molecule has 3 aliphatic heterocycles. The van der Waals surface area contributed by atoms with Crippen LogP contribution in [0.4, 0.5) is 0 Å². The minimum absolute atomic E-state index is 0.111. The van der Waals surface area contributed by atoms with E-state index in [0.717, 1.165) is 59.4 Å². The molecule has 0 amide bonds. The van der Waals surface area contributed by atoms with Crippen molar-refractivity contribution in [3.63, 3.8) is 0 Å². The number of methoxy groups -OCH3 is 2. The smallest absolute Gasteiger partial charge is 0.231 e. The van der Waals surface area contributed by atoms with E-state index in [1.165, 1.54) is 12.8 Å². The fraction of sp³-hybridized carbons (Fsp3) is 0.478. The van der Waals surface area contributed by atoms with Crippen molar-refractivity contribution in [1.29, 1.82) is 0 Å². The molecular formula is C23H27NO5. The van der Waals surface area contributed by atoms with Gasteiger partial charge >= 0.3 is 0 Å². The number of likely N-dealkylation sites (tertiary alicyclic amines) is 1. The maximum absolute atomic E-state index is 6.62. The zero-order valence-corrected chi connectivity index (χ0v) is 17.2.